The number of likely N-dealkylation sites (tertiary alicyclic amines) is 2. The number of piperidine rings is 2. The summed E-state index contributed by atoms with van der Waals surface area (Å²) in [6, 6.07) is 7.24. The summed E-state index contributed by atoms with van der Waals surface area (Å²) in [7, 11) is 1.96. The largest absolute Gasteiger partial charge is 0.481 e. The van der Waals surface area contributed by atoms with E-state index in [0.29, 0.717) is 31.0 Å². The van der Waals surface area contributed by atoms with E-state index in [-0.39, 0.29) is 18.4 Å². The van der Waals surface area contributed by atoms with E-state index in [1.54, 1.807) is 11.0 Å². The van der Waals surface area contributed by atoms with Crippen molar-refractivity contribution in [1.29, 1.82) is 0 Å². The number of carbonyl (C=O) groups is 2. The predicted octanol–water partition coefficient (Wildman–Crippen LogP) is 2.28. The normalized spacial score (nSPS) is 27.6. The summed E-state index contributed by atoms with van der Waals surface area (Å²) in [5.74, 6) is -0.710. The molecule has 1 aromatic carbocycles. The molecular formula is C18H23ClN2O3. The molecule has 24 heavy (non-hydrogen) atoms. The fourth-order valence-corrected chi connectivity index (χ4v) is 4.33. The van der Waals surface area contributed by atoms with Crippen LogP contribution in [0, 0.1) is 5.41 Å². The van der Waals surface area contributed by atoms with Gasteiger partial charge < -0.3 is 14.9 Å². The highest BCUT2D eigenvalue weighted by Gasteiger charge is 2.52. The highest BCUT2D eigenvalue weighted by molar-refractivity contribution is 6.31. The van der Waals surface area contributed by atoms with Crippen LogP contribution in [0.25, 0.3) is 0 Å². The Labute approximate surface area is 147 Å². The highest BCUT2D eigenvalue weighted by Crippen LogP contribution is 2.42. The van der Waals surface area contributed by atoms with Gasteiger partial charge in [-0.15, -0.1) is 0 Å². The Morgan fingerprint density at radius 1 is 1.29 bits per heavy atom. The zero-order valence-electron chi connectivity index (χ0n) is 13.9. The average Bonchev–Trinajstić information content (AvgIpc) is 2.56. The molecule has 2 heterocycles. The third-order valence-electron chi connectivity index (χ3n) is 5.60. The van der Waals surface area contributed by atoms with E-state index in [2.05, 4.69) is 4.90 Å². The first-order chi connectivity index (χ1) is 11.4. The van der Waals surface area contributed by atoms with Crippen molar-refractivity contribution in [3.05, 3.63) is 34.9 Å². The van der Waals surface area contributed by atoms with Crippen LogP contribution in [0.2, 0.25) is 5.02 Å². The van der Waals surface area contributed by atoms with Crippen molar-refractivity contribution in [2.24, 2.45) is 5.41 Å². The zero-order valence-corrected chi connectivity index (χ0v) is 14.6. The number of carboxylic acids is 1. The SMILES string of the molecule is CN1CCC[C@]2(C(=O)O)CCN(C(=O)Cc3ccccc3Cl)C[C@@H]12. The van der Waals surface area contributed by atoms with E-state index in [0.717, 1.165) is 18.5 Å². The van der Waals surface area contributed by atoms with Gasteiger partial charge in [-0.05, 0) is 44.5 Å². The number of benzene rings is 1. The standard InChI is InChI=1S/C18H23ClN2O3/c1-20-9-4-7-18(17(23)24)8-10-21(12-15(18)20)16(22)11-13-5-2-3-6-14(13)19/h2-3,5-6,15H,4,7-12H2,1H3,(H,23,24)/t15-,18+/m1/s1. The Balaban J connectivity index is 1.74. The molecule has 1 aromatic rings. The molecule has 0 aliphatic carbocycles. The van der Waals surface area contributed by atoms with Gasteiger partial charge in [-0.25, -0.2) is 0 Å². The summed E-state index contributed by atoms with van der Waals surface area (Å²) in [6.45, 7) is 1.86. The molecule has 2 aliphatic heterocycles. The minimum Gasteiger partial charge on any atom is -0.481 e. The number of nitrogens with zero attached hydrogens (tertiary/aromatic N) is 2. The van der Waals surface area contributed by atoms with Gasteiger partial charge in [-0.1, -0.05) is 29.8 Å². The maximum absolute atomic E-state index is 12.7. The second kappa shape index (κ2) is 6.73. The molecule has 0 radical (unpaired) electrons. The number of likely N-dealkylation sites (N-methyl/N-ethyl adjacent to an activating group) is 1. The van der Waals surface area contributed by atoms with Crippen LogP contribution in [-0.4, -0.2) is 59.5 Å². The summed E-state index contributed by atoms with van der Waals surface area (Å²) in [5.41, 5.74) is 0.102. The maximum Gasteiger partial charge on any atom is 0.311 e. The molecular weight excluding hydrogens is 328 g/mol. The van der Waals surface area contributed by atoms with Crippen molar-refractivity contribution in [2.45, 2.75) is 31.7 Å². The number of hydrogen-bond donors (Lipinski definition) is 1. The first-order valence-corrected chi connectivity index (χ1v) is 8.76. The minimum absolute atomic E-state index is 0.0149. The quantitative estimate of drug-likeness (QED) is 0.908. The van der Waals surface area contributed by atoms with Crippen molar-refractivity contribution in [1.82, 2.24) is 9.80 Å². The molecule has 2 fully saturated rings. The van der Waals surface area contributed by atoms with Gasteiger partial charge in [0.2, 0.25) is 5.91 Å². The van der Waals surface area contributed by atoms with E-state index in [4.69, 9.17) is 11.6 Å². The monoisotopic (exact) mass is 350 g/mol. The summed E-state index contributed by atoms with van der Waals surface area (Å²) >= 11 is 6.15. The van der Waals surface area contributed by atoms with Gasteiger partial charge in [-0.3, -0.25) is 9.59 Å². The van der Waals surface area contributed by atoms with Crippen molar-refractivity contribution < 1.29 is 14.7 Å². The third kappa shape index (κ3) is 3.03. The molecule has 1 N–H and O–H groups in total. The maximum atomic E-state index is 12.7. The lowest BCUT2D eigenvalue weighted by molar-refractivity contribution is -0.165. The van der Waals surface area contributed by atoms with Gasteiger partial charge >= 0.3 is 5.97 Å². The van der Waals surface area contributed by atoms with Crippen LogP contribution >= 0.6 is 11.6 Å². The summed E-state index contributed by atoms with van der Waals surface area (Å²) in [4.78, 5) is 28.5. The number of amides is 1. The molecule has 0 saturated carbocycles. The molecule has 0 aromatic heterocycles. The molecule has 2 aliphatic rings. The van der Waals surface area contributed by atoms with Crippen LogP contribution in [0.4, 0.5) is 0 Å². The second-order valence-corrected chi connectivity index (χ2v) is 7.33. The van der Waals surface area contributed by atoms with E-state index in [1.807, 2.05) is 25.2 Å². The van der Waals surface area contributed by atoms with Crippen molar-refractivity contribution in [2.75, 3.05) is 26.7 Å². The Morgan fingerprint density at radius 3 is 2.75 bits per heavy atom. The molecule has 1 amide bonds. The van der Waals surface area contributed by atoms with Crippen LogP contribution in [0.3, 0.4) is 0 Å². The first-order valence-electron chi connectivity index (χ1n) is 8.39. The van der Waals surface area contributed by atoms with E-state index in [9.17, 15) is 14.7 Å². The molecule has 5 nitrogen and oxygen atoms in total. The van der Waals surface area contributed by atoms with Crippen molar-refractivity contribution in [3.8, 4) is 0 Å². The average molecular weight is 351 g/mol. The van der Waals surface area contributed by atoms with Gasteiger partial charge in [0.15, 0.2) is 0 Å². The van der Waals surface area contributed by atoms with Gasteiger partial charge in [-0.2, -0.15) is 0 Å². The van der Waals surface area contributed by atoms with E-state index >= 15 is 0 Å². The Bertz CT molecular complexity index is 651. The second-order valence-electron chi connectivity index (χ2n) is 6.92. The molecule has 0 unspecified atom stereocenters. The van der Waals surface area contributed by atoms with Crippen LogP contribution < -0.4 is 0 Å². The minimum atomic E-state index is -0.725. The van der Waals surface area contributed by atoms with Crippen LogP contribution in [0.5, 0.6) is 0 Å². The zero-order chi connectivity index (χ0) is 17.3. The van der Waals surface area contributed by atoms with E-state index in [1.165, 1.54) is 0 Å². The van der Waals surface area contributed by atoms with Gasteiger partial charge in [0.1, 0.15) is 0 Å². The summed E-state index contributed by atoms with van der Waals surface area (Å²) in [5, 5.41) is 10.4. The topological polar surface area (TPSA) is 60.9 Å². The van der Waals surface area contributed by atoms with Crippen LogP contribution in [0.15, 0.2) is 24.3 Å². The highest BCUT2D eigenvalue weighted by atomic mass is 35.5. The smallest absolute Gasteiger partial charge is 0.311 e. The Hall–Kier alpha value is -1.59. The number of hydrogen-bond acceptors (Lipinski definition) is 3. The van der Waals surface area contributed by atoms with Crippen LogP contribution in [0.1, 0.15) is 24.8 Å². The van der Waals surface area contributed by atoms with Gasteiger partial charge in [0.25, 0.3) is 0 Å². The van der Waals surface area contributed by atoms with Gasteiger partial charge in [0, 0.05) is 24.2 Å². The number of carbonyl (C=O) groups excluding carboxylic acids is 1. The third-order valence-corrected chi connectivity index (χ3v) is 5.97. The predicted molar refractivity (Wildman–Crippen MR) is 92.1 cm³/mol. The lowest BCUT2D eigenvalue weighted by Gasteiger charge is -2.51. The molecule has 6 heteroatoms. The first kappa shape index (κ1) is 17.2. The molecule has 2 saturated heterocycles. The number of aliphatic carboxylic acids is 1. The van der Waals surface area contributed by atoms with Crippen molar-refractivity contribution >= 4 is 23.5 Å². The Morgan fingerprint density at radius 2 is 2.04 bits per heavy atom. The number of halogens is 1. The lowest BCUT2D eigenvalue weighted by Crippen LogP contribution is -2.63. The fourth-order valence-electron chi connectivity index (χ4n) is 4.13. The van der Waals surface area contributed by atoms with Crippen LogP contribution in [-0.2, 0) is 16.0 Å². The number of carboxylic acid groups (broad SMARTS) is 1. The summed E-state index contributed by atoms with van der Waals surface area (Å²) < 4.78 is 0. The molecule has 130 valence electrons. The fraction of sp³-hybridized carbons (Fsp3) is 0.556. The van der Waals surface area contributed by atoms with Gasteiger partial charge in [0.05, 0.1) is 11.8 Å². The summed E-state index contributed by atoms with van der Waals surface area (Å²) in [6.07, 6.45) is 2.37. The molecule has 0 bridgehead atoms. The Kier molecular flexibility index (Phi) is 4.83. The molecule has 0 spiro atoms. The number of rotatable bonds is 3. The molecule has 2 atom stereocenters. The van der Waals surface area contributed by atoms with E-state index < -0.39 is 11.4 Å². The number of fused-ring (bicyclic) bond motifs is 1. The molecule has 3 rings (SSSR count). The lowest BCUT2D eigenvalue weighted by atomic mass is 9.68. The van der Waals surface area contributed by atoms with Crippen molar-refractivity contribution in [3.63, 3.8) is 0 Å².